The molecule has 4 heterocycles. The molecule has 8 heteroatoms. The molecule has 1 aromatic carbocycles. The minimum atomic E-state index is 0.556. The minimum absolute atomic E-state index is 0.556. The van der Waals surface area contributed by atoms with E-state index in [1.807, 2.05) is 0 Å². The Labute approximate surface area is 208 Å². The normalized spacial score (nSPS) is 20.6. The third-order valence-corrected chi connectivity index (χ3v) is 7.44. The third-order valence-electron chi connectivity index (χ3n) is 7.20. The molecule has 3 aliphatic heterocycles. The quantitative estimate of drug-likeness (QED) is 0.592. The van der Waals surface area contributed by atoms with Crippen LogP contribution in [0.1, 0.15) is 51.0 Å². The lowest BCUT2D eigenvalue weighted by molar-refractivity contribution is 0.444. The Morgan fingerprint density at radius 3 is 2.18 bits per heavy atom. The Bertz CT molecular complexity index is 968. The van der Waals surface area contributed by atoms with Crippen molar-refractivity contribution in [3.8, 4) is 0 Å². The Balaban J connectivity index is 1.23. The van der Waals surface area contributed by atoms with Crippen LogP contribution in [0.3, 0.4) is 0 Å². The van der Waals surface area contributed by atoms with E-state index in [-0.39, 0.29) is 0 Å². The van der Waals surface area contributed by atoms with Gasteiger partial charge in [0.2, 0.25) is 5.95 Å². The van der Waals surface area contributed by atoms with Gasteiger partial charge < -0.3 is 25.3 Å². The van der Waals surface area contributed by atoms with Crippen LogP contribution in [0.2, 0.25) is 0 Å². The van der Waals surface area contributed by atoms with Crippen molar-refractivity contribution in [1.82, 2.24) is 15.3 Å². The fraction of sp³-hybridized carbons (Fsp3) is 0.577. The van der Waals surface area contributed by atoms with Crippen molar-refractivity contribution in [3.63, 3.8) is 0 Å². The van der Waals surface area contributed by atoms with Crippen LogP contribution in [0.4, 0.5) is 23.3 Å². The highest BCUT2D eigenvalue weighted by molar-refractivity contribution is 7.80. The number of anilines is 4. The Morgan fingerprint density at radius 2 is 1.50 bits per heavy atom. The molecular weight excluding hydrogens is 442 g/mol. The highest BCUT2D eigenvalue weighted by atomic mass is 32.1. The highest BCUT2D eigenvalue weighted by Gasteiger charge is 2.22. The molecule has 0 aliphatic carbocycles. The van der Waals surface area contributed by atoms with E-state index in [1.54, 1.807) is 0 Å². The summed E-state index contributed by atoms with van der Waals surface area (Å²) >= 11 is 5.61. The van der Waals surface area contributed by atoms with Gasteiger partial charge in [-0.15, -0.1) is 0 Å². The molecule has 7 nitrogen and oxygen atoms in total. The summed E-state index contributed by atoms with van der Waals surface area (Å²) in [6.45, 7) is 9.55. The molecule has 5 rings (SSSR count). The van der Waals surface area contributed by atoms with E-state index in [2.05, 4.69) is 62.6 Å². The maximum absolute atomic E-state index is 5.61. The van der Waals surface area contributed by atoms with Crippen molar-refractivity contribution in [3.05, 3.63) is 35.9 Å². The molecule has 0 bridgehead atoms. The lowest BCUT2D eigenvalue weighted by atomic mass is 10.0. The van der Waals surface area contributed by atoms with Crippen LogP contribution in [-0.4, -0.2) is 54.3 Å². The molecule has 182 valence electrons. The number of aromatic nitrogens is 2. The molecule has 3 aliphatic rings. The average Bonchev–Trinajstić information content (AvgIpc) is 3.58. The summed E-state index contributed by atoms with van der Waals surface area (Å²) in [5.41, 5.74) is 2.52. The largest absolute Gasteiger partial charge is 0.372 e. The Morgan fingerprint density at radius 1 is 0.882 bits per heavy atom. The van der Waals surface area contributed by atoms with Crippen molar-refractivity contribution in [2.45, 2.75) is 52.0 Å². The zero-order chi connectivity index (χ0) is 23.3. The van der Waals surface area contributed by atoms with Gasteiger partial charge >= 0.3 is 0 Å². The second kappa shape index (κ2) is 10.8. The van der Waals surface area contributed by atoms with Gasteiger partial charge in [-0.1, -0.05) is 19.1 Å². The number of nitrogens with zero attached hydrogens (tertiary/aromatic N) is 5. The van der Waals surface area contributed by atoms with Crippen LogP contribution < -0.4 is 25.3 Å². The van der Waals surface area contributed by atoms with Gasteiger partial charge in [-0.25, -0.2) is 0 Å². The van der Waals surface area contributed by atoms with Gasteiger partial charge in [0, 0.05) is 57.6 Å². The highest BCUT2D eigenvalue weighted by Crippen LogP contribution is 2.27. The standard InChI is InChI=1S/C26H37N7S/c1-20-7-6-16-33(19-20)24-17-23(32-14-4-5-15-32)28-25(29-24)30-26(34)27-18-21-8-10-22(11-9-21)31-12-2-3-13-31/h8-11,17,20H,2-7,12-16,18-19H2,1H3,(H2,27,28,29,30,34). The molecule has 0 saturated carbocycles. The van der Waals surface area contributed by atoms with Crippen molar-refractivity contribution < 1.29 is 0 Å². The van der Waals surface area contributed by atoms with Crippen LogP contribution in [0.25, 0.3) is 0 Å². The molecule has 1 aromatic heterocycles. The first-order valence-electron chi connectivity index (χ1n) is 12.9. The summed E-state index contributed by atoms with van der Waals surface area (Å²) in [7, 11) is 0. The second-order valence-electron chi connectivity index (χ2n) is 9.96. The monoisotopic (exact) mass is 479 g/mol. The molecule has 1 atom stereocenters. The van der Waals surface area contributed by atoms with E-state index >= 15 is 0 Å². The summed E-state index contributed by atoms with van der Waals surface area (Å²) in [6, 6.07) is 11.0. The predicted molar refractivity (Wildman–Crippen MR) is 145 cm³/mol. The summed E-state index contributed by atoms with van der Waals surface area (Å²) in [6.07, 6.45) is 7.53. The number of hydrogen-bond acceptors (Lipinski definition) is 6. The summed E-state index contributed by atoms with van der Waals surface area (Å²) in [5.74, 6) is 3.28. The second-order valence-corrected chi connectivity index (χ2v) is 10.4. The number of thiocarbonyl (C=S) groups is 1. The van der Waals surface area contributed by atoms with E-state index in [0.717, 1.165) is 37.8 Å². The molecule has 3 fully saturated rings. The first-order chi connectivity index (χ1) is 16.6. The molecule has 3 saturated heterocycles. The number of benzene rings is 1. The van der Waals surface area contributed by atoms with Crippen molar-refractivity contribution >= 4 is 40.6 Å². The topological polar surface area (TPSA) is 59.6 Å². The Kier molecular flexibility index (Phi) is 7.33. The van der Waals surface area contributed by atoms with E-state index < -0.39 is 0 Å². The number of piperidine rings is 1. The van der Waals surface area contributed by atoms with Gasteiger partial charge in [-0.2, -0.15) is 9.97 Å². The van der Waals surface area contributed by atoms with Gasteiger partial charge in [-0.05, 0) is 74.4 Å². The SMILES string of the molecule is CC1CCCN(c2cc(N3CCCC3)nc(NC(=S)NCc3ccc(N4CCCC4)cc3)n2)C1. The lowest BCUT2D eigenvalue weighted by Crippen LogP contribution is -2.35. The van der Waals surface area contributed by atoms with Crippen LogP contribution in [-0.2, 0) is 6.54 Å². The van der Waals surface area contributed by atoms with Crippen LogP contribution in [0.5, 0.6) is 0 Å². The van der Waals surface area contributed by atoms with Crippen molar-refractivity contribution in [2.24, 2.45) is 5.92 Å². The van der Waals surface area contributed by atoms with Crippen LogP contribution >= 0.6 is 12.2 Å². The fourth-order valence-electron chi connectivity index (χ4n) is 5.27. The van der Waals surface area contributed by atoms with Crippen LogP contribution in [0, 0.1) is 5.92 Å². The molecule has 1 unspecified atom stereocenters. The third kappa shape index (κ3) is 5.71. The molecule has 0 radical (unpaired) electrons. The zero-order valence-corrected chi connectivity index (χ0v) is 21.1. The lowest BCUT2D eigenvalue weighted by Gasteiger charge is -2.32. The molecule has 34 heavy (non-hydrogen) atoms. The summed E-state index contributed by atoms with van der Waals surface area (Å²) < 4.78 is 0. The molecule has 2 N–H and O–H groups in total. The maximum atomic E-state index is 5.61. The number of nitrogens with one attached hydrogen (secondary N) is 2. The summed E-state index contributed by atoms with van der Waals surface area (Å²) in [4.78, 5) is 16.9. The van der Waals surface area contributed by atoms with Crippen molar-refractivity contribution in [2.75, 3.05) is 59.3 Å². The van der Waals surface area contributed by atoms with Gasteiger partial charge in [0.15, 0.2) is 5.11 Å². The first kappa shape index (κ1) is 23.1. The van der Waals surface area contributed by atoms with E-state index in [0.29, 0.717) is 23.5 Å². The van der Waals surface area contributed by atoms with Gasteiger partial charge in [-0.3, -0.25) is 0 Å². The fourth-order valence-corrected chi connectivity index (χ4v) is 5.44. The van der Waals surface area contributed by atoms with Gasteiger partial charge in [0.1, 0.15) is 11.6 Å². The van der Waals surface area contributed by atoms with Crippen molar-refractivity contribution in [1.29, 1.82) is 0 Å². The van der Waals surface area contributed by atoms with E-state index in [1.165, 1.54) is 62.9 Å². The van der Waals surface area contributed by atoms with Gasteiger partial charge in [0.05, 0.1) is 0 Å². The van der Waals surface area contributed by atoms with Crippen LogP contribution in [0.15, 0.2) is 30.3 Å². The first-order valence-corrected chi connectivity index (χ1v) is 13.3. The number of hydrogen-bond donors (Lipinski definition) is 2. The van der Waals surface area contributed by atoms with Gasteiger partial charge in [0.25, 0.3) is 0 Å². The average molecular weight is 480 g/mol. The molecular formula is C26H37N7S. The smallest absolute Gasteiger partial charge is 0.232 e. The maximum Gasteiger partial charge on any atom is 0.232 e. The predicted octanol–water partition coefficient (Wildman–Crippen LogP) is 4.40. The molecule has 0 amide bonds. The molecule has 2 aromatic rings. The molecule has 0 spiro atoms. The van der Waals surface area contributed by atoms with E-state index in [9.17, 15) is 0 Å². The summed E-state index contributed by atoms with van der Waals surface area (Å²) in [5, 5.41) is 7.15. The minimum Gasteiger partial charge on any atom is -0.372 e. The number of rotatable bonds is 6. The Hall–Kier alpha value is -2.61. The zero-order valence-electron chi connectivity index (χ0n) is 20.3. The van der Waals surface area contributed by atoms with E-state index in [4.69, 9.17) is 22.2 Å².